The molecule has 3 heterocycles. The molecule has 0 saturated heterocycles. The molecule has 6 heteroatoms. The van der Waals surface area contributed by atoms with E-state index in [0.29, 0.717) is 18.5 Å². The molecule has 3 rings (SSSR count). The number of fused-ring (bicyclic) bond motifs is 1. The minimum Gasteiger partial charge on any atom is -0.469 e. The van der Waals surface area contributed by atoms with Crippen molar-refractivity contribution in [1.82, 2.24) is 14.7 Å². The van der Waals surface area contributed by atoms with Gasteiger partial charge in [-0.3, -0.25) is 4.79 Å². The quantitative estimate of drug-likeness (QED) is 0.723. The third kappa shape index (κ3) is 3.17. The second-order valence-corrected chi connectivity index (χ2v) is 5.15. The number of pyridine rings is 1. The molecule has 0 aliphatic carbocycles. The van der Waals surface area contributed by atoms with Gasteiger partial charge in [-0.1, -0.05) is 0 Å². The van der Waals surface area contributed by atoms with Crippen LogP contribution in [0.4, 0.5) is 0 Å². The Bertz CT molecular complexity index is 749. The molecule has 6 nitrogen and oxygen atoms in total. The number of amides is 1. The molecule has 1 atom stereocenters. The van der Waals surface area contributed by atoms with Crippen LogP contribution in [0, 0.1) is 5.92 Å². The standard InChI is InChI=1S/C16H17N3O3/c20-11-12(8-14-2-1-7-22-14)9-18-16(21)13-3-4-15-17-5-6-19(15)10-13/h1-7,10,12,20H,8-9,11H2,(H,18,21)/t12-/m1/s1. The van der Waals surface area contributed by atoms with E-state index >= 15 is 0 Å². The van der Waals surface area contributed by atoms with E-state index in [1.807, 2.05) is 12.1 Å². The molecule has 1 amide bonds. The highest BCUT2D eigenvalue weighted by molar-refractivity contribution is 5.94. The van der Waals surface area contributed by atoms with E-state index < -0.39 is 0 Å². The lowest BCUT2D eigenvalue weighted by Gasteiger charge is -2.14. The van der Waals surface area contributed by atoms with E-state index in [0.717, 1.165) is 11.4 Å². The number of hydrogen-bond donors (Lipinski definition) is 2. The largest absolute Gasteiger partial charge is 0.469 e. The van der Waals surface area contributed by atoms with E-state index in [-0.39, 0.29) is 18.4 Å². The number of furan rings is 1. The first-order chi connectivity index (χ1) is 10.8. The van der Waals surface area contributed by atoms with Crippen LogP contribution in [0.15, 0.2) is 53.5 Å². The highest BCUT2D eigenvalue weighted by Gasteiger charge is 2.13. The maximum Gasteiger partial charge on any atom is 0.252 e. The summed E-state index contributed by atoms with van der Waals surface area (Å²) in [6, 6.07) is 7.19. The maximum atomic E-state index is 12.2. The van der Waals surface area contributed by atoms with Gasteiger partial charge in [-0.15, -0.1) is 0 Å². The molecule has 0 radical (unpaired) electrons. The molecule has 114 valence electrons. The molecule has 0 unspecified atom stereocenters. The molecule has 0 aliphatic rings. The summed E-state index contributed by atoms with van der Waals surface area (Å²) < 4.78 is 7.06. The number of carbonyl (C=O) groups is 1. The molecule has 3 aromatic heterocycles. The van der Waals surface area contributed by atoms with Gasteiger partial charge in [-0.05, 0) is 24.3 Å². The van der Waals surface area contributed by atoms with Crippen molar-refractivity contribution in [2.45, 2.75) is 6.42 Å². The van der Waals surface area contributed by atoms with Crippen molar-refractivity contribution in [3.8, 4) is 0 Å². The minimum atomic E-state index is -0.173. The first-order valence-corrected chi connectivity index (χ1v) is 7.10. The lowest BCUT2D eigenvalue weighted by molar-refractivity contribution is 0.0938. The molecular weight excluding hydrogens is 282 g/mol. The summed E-state index contributed by atoms with van der Waals surface area (Å²) in [6.07, 6.45) is 7.40. The monoisotopic (exact) mass is 299 g/mol. The summed E-state index contributed by atoms with van der Waals surface area (Å²) in [4.78, 5) is 16.3. The number of imidazole rings is 1. The van der Waals surface area contributed by atoms with E-state index in [1.54, 1.807) is 41.4 Å². The number of nitrogens with one attached hydrogen (secondary N) is 1. The number of aliphatic hydroxyl groups excluding tert-OH is 1. The third-order valence-electron chi connectivity index (χ3n) is 3.53. The van der Waals surface area contributed by atoms with Gasteiger partial charge in [0.05, 0.1) is 11.8 Å². The summed E-state index contributed by atoms with van der Waals surface area (Å²) in [5.74, 6) is 0.550. The van der Waals surface area contributed by atoms with Crippen LogP contribution in [0.5, 0.6) is 0 Å². The van der Waals surface area contributed by atoms with Crippen LogP contribution in [-0.4, -0.2) is 33.6 Å². The summed E-state index contributed by atoms with van der Waals surface area (Å²) in [7, 11) is 0. The number of aromatic nitrogens is 2. The lowest BCUT2D eigenvalue weighted by Crippen LogP contribution is -2.31. The Kier molecular flexibility index (Phi) is 4.20. The van der Waals surface area contributed by atoms with Crippen molar-refractivity contribution >= 4 is 11.6 Å². The van der Waals surface area contributed by atoms with Gasteiger partial charge in [0, 0.05) is 44.1 Å². The Morgan fingerprint density at radius 1 is 1.41 bits per heavy atom. The van der Waals surface area contributed by atoms with E-state index in [2.05, 4.69) is 10.3 Å². The van der Waals surface area contributed by atoms with Gasteiger partial charge in [0.2, 0.25) is 0 Å². The Hall–Kier alpha value is -2.60. The highest BCUT2D eigenvalue weighted by Crippen LogP contribution is 2.09. The van der Waals surface area contributed by atoms with Crippen LogP contribution in [0.25, 0.3) is 5.65 Å². The van der Waals surface area contributed by atoms with Crippen LogP contribution >= 0.6 is 0 Å². The van der Waals surface area contributed by atoms with Crippen LogP contribution in [0.3, 0.4) is 0 Å². The molecule has 0 fully saturated rings. The van der Waals surface area contributed by atoms with Gasteiger partial charge in [0.25, 0.3) is 5.91 Å². The molecule has 3 aromatic rings. The first-order valence-electron chi connectivity index (χ1n) is 7.10. The van der Waals surface area contributed by atoms with Crippen molar-refractivity contribution in [3.05, 3.63) is 60.4 Å². The van der Waals surface area contributed by atoms with Crippen LogP contribution in [-0.2, 0) is 6.42 Å². The fourth-order valence-electron chi connectivity index (χ4n) is 2.31. The fourth-order valence-corrected chi connectivity index (χ4v) is 2.31. The van der Waals surface area contributed by atoms with Gasteiger partial charge in [0.1, 0.15) is 11.4 Å². The lowest BCUT2D eigenvalue weighted by atomic mass is 10.0. The Morgan fingerprint density at radius 3 is 3.09 bits per heavy atom. The maximum absolute atomic E-state index is 12.2. The van der Waals surface area contributed by atoms with Gasteiger partial charge in [0.15, 0.2) is 0 Å². The molecule has 0 bridgehead atoms. The van der Waals surface area contributed by atoms with Gasteiger partial charge >= 0.3 is 0 Å². The second-order valence-electron chi connectivity index (χ2n) is 5.15. The fraction of sp³-hybridized carbons (Fsp3) is 0.250. The van der Waals surface area contributed by atoms with E-state index in [4.69, 9.17) is 4.42 Å². The zero-order valence-electron chi connectivity index (χ0n) is 12.0. The summed E-state index contributed by atoms with van der Waals surface area (Å²) in [6.45, 7) is 0.375. The molecular formula is C16H17N3O3. The number of nitrogens with zero attached hydrogens (tertiary/aromatic N) is 2. The number of rotatable bonds is 6. The second kappa shape index (κ2) is 6.44. The van der Waals surface area contributed by atoms with Crippen molar-refractivity contribution in [2.24, 2.45) is 5.92 Å². The van der Waals surface area contributed by atoms with Gasteiger partial charge in [-0.2, -0.15) is 0 Å². The van der Waals surface area contributed by atoms with Gasteiger partial charge in [-0.25, -0.2) is 4.98 Å². The summed E-state index contributed by atoms with van der Waals surface area (Å²) in [5.41, 5.74) is 1.35. The average molecular weight is 299 g/mol. The van der Waals surface area contributed by atoms with Gasteiger partial charge < -0.3 is 19.2 Å². The number of aliphatic hydroxyl groups is 1. The Labute approximate surface area is 127 Å². The van der Waals surface area contributed by atoms with Crippen LogP contribution in [0.2, 0.25) is 0 Å². The minimum absolute atomic E-state index is 0.0124. The zero-order valence-corrected chi connectivity index (χ0v) is 12.0. The molecule has 0 aliphatic heterocycles. The van der Waals surface area contributed by atoms with Crippen LogP contribution < -0.4 is 5.32 Å². The molecule has 2 N–H and O–H groups in total. The molecule has 22 heavy (non-hydrogen) atoms. The van der Waals surface area contributed by atoms with E-state index in [9.17, 15) is 9.90 Å². The summed E-state index contributed by atoms with van der Waals surface area (Å²) >= 11 is 0. The van der Waals surface area contributed by atoms with Crippen molar-refractivity contribution in [2.75, 3.05) is 13.2 Å². The molecule has 0 saturated carbocycles. The SMILES string of the molecule is O=C(NC[C@H](CO)Cc1ccco1)c1ccc2nccn2c1. The zero-order chi connectivity index (χ0) is 15.4. The van der Waals surface area contributed by atoms with Crippen LogP contribution in [0.1, 0.15) is 16.1 Å². The first kappa shape index (κ1) is 14.3. The van der Waals surface area contributed by atoms with Crippen molar-refractivity contribution in [3.63, 3.8) is 0 Å². The van der Waals surface area contributed by atoms with Crippen molar-refractivity contribution in [1.29, 1.82) is 0 Å². The van der Waals surface area contributed by atoms with Crippen molar-refractivity contribution < 1.29 is 14.3 Å². The topological polar surface area (TPSA) is 79.8 Å². The number of hydrogen-bond acceptors (Lipinski definition) is 4. The highest BCUT2D eigenvalue weighted by atomic mass is 16.3. The number of carbonyl (C=O) groups excluding carboxylic acids is 1. The average Bonchev–Trinajstić information content (AvgIpc) is 3.21. The Morgan fingerprint density at radius 2 is 2.32 bits per heavy atom. The predicted molar refractivity (Wildman–Crippen MR) is 80.5 cm³/mol. The Balaban J connectivity index is 1.60. The molecule has 0 spiro atoms. The smallest absolute Gasteiger partial charge is 0.252 e. The third-order valence-corrected chi connectivity index (χ3v) is 3.53. The van der Waals surface area contributed by atoms with E-state index in [1.165, 1.54) is 0 Å². The summed E-state index contributed by atoms with van der Waals surface area (Å²) in [5, 5.41) is 12.3. The molecule has 0 aromatic carbocycles. The predicted octanol–water partition coefficient (Wildman–Crippen LogP) is 1.51. The normalized spacial score (nSPS) is 12.4.